The molecule has 0 aliphatic heterocycles. The van der Waals surface area contributed by atoms with Gasteiger partial charge < -0.3 is 9.32 Å². The molecular formula is C32H27N3OS. The number of thiophene rings is 1. The van der Waals surface area contributed by atoms with Gasteiger partial charge in [0.2, 0.25) is 0 Å². The third kappa shape index (κ3) is 4.29. The van der Waals surface area contributed by atoms with Gasteiger partial charge in [-0.2, -0.15) is 0 Å². The molecule has 182 valence electrons. The summed E-state index contributed by atoms with van der Waals surface area (Å²) in [7, 11) is 0. The van der Waals surface area contributed by atoms with E-state index in [1.54, 1.807) is 6.08 Å². The minimum absolute atomic E-state index is 0.0681. The Morgan fingerprint density at radius 3 is 1.92 bits per heavy atom. The highest BCUT2D eigenvalue weighted by molar-refractivity contribution is 7.20. The van der Waals surface area contributed by atoms with Crippen molar-refractivity contribution in [3.8, 4) is 6.07 Å². The van der Waals surface area contributed by atoms with Crippen molar-refractivity contribution in [1.82, 2.24) is 0 Å². The zero-order valence-corrected chi connectivity index (χ0v) is 22.7. The summed E-state index contributed by atoms with van der Waals surface area (Å²) in [6.45, 7) is 20.1. The van der Waals surface area contributed by atoms with E-state index in [0.717, 1.165) is 43.2 Å². The van der Waals surface area contributed by atoms with Crippen LogP contribution >= 0.6 is 11.3 Å². The van der Waals surface area contributed by atoms with Crippen LogP contribution in [0.25, 0.3) is 32.2 Å². The molecule has 5 heteroatoms. The van der Waals surface area contributed by atoms with Crippen molar-refractivity contribution in [3.05, 3.63) is 104 Å². The topological polar surface area (TPSA) is 44.5 Å². The summed E-state index contributed by atoms with van der Waals surface area (Å²) in [6.07, 6.45) is 1.61. The van der Waals surface area contributed by atoms with Crippen LogP contribution in [-0.4, -0.2) is 0 Å². The highest BCUT2D eigenvalue weighted by Crippen LogP contribution is 2.42. The Labute approximate surface area is 221 Å². The van der Waals surface area contributed by atoms with E-state index in [-0.39, 0.29) is 5.70 Å². The molecule has 0 saturated carbocycles. The molecule has 4 nitrogen and oxygen atoms in total. The fraction of sp³-hybridized carbons (Fsp3) is 0.188. The quantitative estimate of drug-likeness (QED) is 0.182. The van der Waals surface area contributed by atoms with E-state index in [1.807, 2.05) is 12.1 Å². The molecule has 0 fully saturated rings. The molecule has 5 rings (SSSR count). The molecule has 0 bridgehead atoms. The molecule has 5 aromatic rings. The number of allylic oxidation sites excluding steroid dienone is 1. The summed E-state index contributed by atoms with van der Waals surface area (Å²) in [5.74, 6) is 0. The molecule has 0 N–H and O–H groups in total. The van der Waals surface area contributed by atoms with Gasteiger partial charge in [0.1, 0.15) is 11.2 Å². The number of nitrogens with zero attached hydrogens (tertiary/aromatic N) is 3. The Kier molecular flexibility index (Phi) is 6.12. The highest BCUT2D eigenvalue weighted by Gasteiger charge is 2.19. The van der Waals surface area contributed by atoms with E-state index in [4.69, 9.17) is 16.3 Å². The van der Waals surface area contributed by atoms with E-state index in [2.05, 4.69) is 93.8 Å². The van der Waals surface area contributed by atoms with Gasteiger partial charge in [-0.15, -0.1) is 11.3 Å². The summed E-state index contributed by atoms with van der Waals surface area (Å²) in [6, 6.07) is 19.2. The van der Waals surface area contributed by atoms with Crippen LogP contribution < -0.4 is 4.90 Å². The molecule has 0 unspecified atom stereocenters. The van der Waals surface area contributed by atoms with Crippen molar-refractivity contribution in [3.63, 3.8) is 0 Å². The third-order valence-electron chi connectivity index (χ3n) is 7.26. The van der Waals surface area contributed by atoms with Crippen LogP contribution in [0.15, 0.2) is 58.6 Å². The molecule has 0 atom stereocenters. The summed E-state index contributed by atoms with van der Waals surface area (Å²) < 4.78 is 7.29. The van der Waals surface area contributed by atoms with E-state index in [9.17, 15) is 0 Å². The first-order valence-electron chi connectivity index (χ1n) is 12.1. The van der Waals surface area contributed by atoms with Gasteiger partial charge >= 0.3 is 0 Å². The normalized spacial score (nSPS) is 11.6. The molecule has 2 heterocycles. The summed E-state index contributed by atoms with van der Waals surface area (Å²) >= 11 is 1.53. The smallest absolute Gasteiger partial charge is 0.263 e. The van der Waals surface area contributed by atoms with Gasteiger partial charge in [-0.3, -0.25) is 0 Å². The molecule has 2 aromatic heterocycles. The Morgan fingerprint density at radius 1 is 0.838 bits per heavy atom. The number of anilines is 3. The summed E-state index contributed by atoms with van der Waals surface area (Å²) in [5, 5.41) is 10.1. The second-order valence-electron chi connectivity index (χ2n) is 9.62. The lowest BCUT2D eigenvalue weighted by Gasteiger charge is -2.28. The fourth-order valence-corrected chi connectivity index (χ4v) is 5.77. The minimum atomic E-state index is 0.0681. The van der Waals surface area contributed by atoms with Crippen molar-refractivity contribution in [2.45, 2.75) is 41.5 Å². The average molecular weight is 502 g/mol. The van der Waals surface area contributed by atoms with Gasteiger partial charge in [0.05, 0.1) is 17.3 Å². The fourth-order valence-electron chi connectivity index (χ4n) is 4.72. The lowest BCUT2D eigenvalue weighted by atomic mass is 10.00. The molecule has 37 heavy (non-hydrogen) atoms. The summed E-state index contributed by atoms with van der Waals surface area (Å²) in [4.78, 5) is 6.40. The number of rotatable bonds is 4. The zero-order valence-electron chi connectivity index (χ0n) is 21.9. The zero-order chi connectivity index (χ0) is 26.4. The van der Waals surface area contributed by atoms with Gasteiger partial charge in [0, 0.05) is 33.4 Å². The number of benzene rings is 3. The predicted molar refractivity (Wildman–Crippen MR) is 155 cm³/mol. The van der Waals surface area contributed by atoms with E-state index >= 15 is 0 Å². The number of furan rings is 1. The highest BCUT2D eigenvalue weighted by atomic mass is 32.1. The standard InChI is InChI=1S/C32H27N3OS/c1-18-10-26(11-19(2)22(18)5)35(27-12-20(3)23(6)21(4)13-27)25-8-9-29-30(15-25)36-31-16-28(37-32(29)31)14-24(17-33)34-7/h8-16H,1-6H3/b24-14-. The van der Waals surface area contributed by atoms with Gasteiger partial charge in [-0.05, 0) is 123 Å². The first-order valence-corrected chi connectivity index (χ1v) is 12.9. The minimum Gasteiger partial charge on any atom is -0.455 e. The van der Waals surface area contributed by atoms with Gasteiger partial charge in [0.15, 0.2) is 0 Å². The van der Waals surface area contributed by atoms with Crippen molar-refractivity contribution in [2.75, 3.05) is 4.90 Å². The van der Waals surface area contributed by atoms with E-state index in [1.165, 1.54) is 44.7 Å². The SMILES string of the molecule is [C-]#[N+]/C(C#N)=C\c1cc2oc3cc(N(c4cc(C)c(C)c(C)c4)c4cc(C)c(C)c(C)c4)ccc3c2s1. The van der Waals surface area contributed by atoms with Crippen molar-refractivity contribution >= 4 is 55.7 Å². The van der Waals surface area contributed by atoms with Crippen LogP contribution in [0.1, 0.15) is 38.3 Å². The van der Waals surface area contributed by atoms with Crippen LogP contribution in [0.2, 0.25) is 0 Å². The third-order valence-corrected chi connectivity index (χ3v) is 8.36. The second-order valence-corrected chi connectivity index (χ2v) is 10.7. The van der Waals surface area contributed by atoms with Crippen molar-refractivity contribution in [1.29, 1.82) is 5.26 Å². The Hall–Kier alpha value is -4.32. The predicted octanol–water partition coefficient (Wildman–Crippen LogP) is 9.75. The largest absolute Gasteiger partial charge is 0.455 e. The van der Waals surface area contributed by atoms with Gasteiger partial charge in [0.25, 0.3) is 5.70 Å². The maximum atomic E-state index is 9.10. The molecule has 3 aromatic carbocycles. The van der Waals surface area contributed by atoms with Crippen molar-refractivity contribution < 1.29 is 4.42 Å². The molecular weight excluding hydrogens is 474 g/mol. The van der Waals surface area contributed by atoms with Crippen LogP contribution in [0.4, 0.5) is 17.1 Å². The summed E-state index contributed by atoms with van der Waals surface area (Å²) in [5.41, 5.74) is 12.6. The average Bonchev–Trinajstić information content (AvgIpc) is 3.41. The second kappa shape index (κ2) is 9.28. The lowest BCUT2D eigenvalue weighted by Crippen LogP contribution is -2.11. The molecule has 0 amide bonds. The Bertz CT molecular complexity index is 1700. The molecule has 0 aliphatic carbocycles. The Balaban J connectivity index is 1.69. The molecule has 0 radical (unpaired) electrons. The number of fused-ring (bicyclic) bond motifs is 3. The number of hydrogen-bond acceptors (Lipinski definition) is 4. The maximum absolute atomic E-state index is 9.10. The van der Waals surface area contributed by atoms with Crippen LogP contribution in [0, 0.1) is 59.4 Å². The molecule has 0 spiro atoms. The van der Waals surface area contributed by atoms with Crippen LogP contribution in [0.3, 0.4) is 0 Å². The van der Waals surface area contributed by atoms with Crippen LogP contribution in [-0.2, 0) is 0 Å². The van der Waals surface area contributed by atoms with E-state index < -0.39 is 0 Å². The number of aryl methyl sites for hydroxylation is 4. The lowest BCUT2D eigenvalue weighted by molar-refractivity contribution is 0.670. The Morgan fingerprint density at radius 2 is 1.41 bits per heavy atom. The monoisotopic (exact) mass is 501 g/mol. The maximum Gasteiger partial charge on any atom is 0.263 e. The van der Waals surface area contributed by atoms with E-state index in [0.29, 0.717) is 0 Å². The first kappa shape index (κ1) is 24.4. The van der Waals surface area contributed by atoms with Crippen molar-refractivity contribution in [2.24, 2.45) is 0 Å². The van der Waals surface area contributed by atoms with Gasteiger partial charge in [-0.1, -0.05) is 0 Å². The molecule has 0 aliphatic rings. The number of nitriles is 1. The van der Waals surface area contributed by atoms with Gasteiger partial charge in [-0.25, -0.2) is 10.1 Å². The van der Waals surface area contributed by atoms with Crippen LogP contribution in [0.5, 0.6) is 0 Å². The molecule has 0 saturated heterocycles. The number of hydrogen-bond donors (Lipinski definition) is 0. The first-order chi connectivity index (χ1) is 17.7.